The first kappa shape index (κ1) is 23.4. The number of carbonyl (C=O) groups is 2. The molecule has 0 spiro atoms. The van der Waals surface area contributed by atoms with Crippen LogP contribution in [0.5, 0.6) is 5.75 Å². The highest BCUT2D eigenvalue weighted by Gasteiger charge is 2.35. The minimum atomic E-state index is -0.624. The molecular weight excluding hydrogens is 390 g/mol. The summed E-state index contributed by atoms with van der Waals surface area (Å²) in [6, 6.07) is 4.06. The van der Waals surface area contributed by atoms with Gasteiger partial charge in [-0.15, -0.1) is 0 Å². The van der Waals surface area contributed by atoms with Gasteiger partial charge in [0.05, 0.1) is 17.6 Å². The molecule has 0 unspecified atom stereocenters. The normalized spacial score (nSPS) is 16.1. The van der Waals surface area contributed by atoms with Crippen LogP contribution in [0.25, 0.3) is 0 Å². The van der Waals surface area contributed by atoms with Crippen molar-refractivity contribution in [2.24, 2.45) is 0 Å². The maximum Gasteiger partial charge on any atom is 0.408 e. The van der Waals surface area contributed by atoms with Crippen LogP contribution in [-0.2, 0) is 4.74 Å². The Morgan fingerprint density at radius 2 is 1.80 bits per heavy atom. The summed E-state index contributed by atoms with van der Waals surface area (Å²) in [6.45, 7) is 5.60. The van der Waals surface area contributed by atoms with E-state index >= 15 is 0 Å². The van der Waals surface area contributed by atoms with E-state index in [1.807, 2.05) is 0 Å². The molecule has 30 heavy (non-hydrogen) atoms. The van der Waals surface area contributed by atoms with Gasteiger partial charge in [0.2, 0.25) is 0 Å². The summed E-state index contributed by atoms with van der Waals surface area (Å²) in [4.78, 5) is 35.7. The Kier molecular flexibility index (Phi) is 7.64. The largest absolute Gasteiger partial charge is 0.490 e. The number of hydrogen-bond acceptors (Lipinski definition) is 6. The average Bonchev–Trinajstić information content (AvgIpc) is 2.89. The Labute approximate surface area is 176 Å². The highest BCUT2D eigenvalue weighted by atomic mass is 16.6. The molecule has 1 aliphatic carbocycles. The van der Waals surface area contributed by atoms with Crippen molar-refractivity contribution in [3.63, 3.8) is 0 Å². The number of carbonyl (C=O) groups excluding carboxylic acids is 2. The van der Waals surface area contributed by atoms with E-state index in [4.69, 9.17) is 9.47 Å². The lowest BCUT2D eigenvalue weighted by Crippen LogP contribution is -2.56. The van der Waals surface area contributed by atoms with Gasteiger partial charge in [0.15, 0.2) is 5.75 Å². The van der Waals surface area contributed by atoms with E-state index in [1.165, 1.54) is 25.3 Å². The molecule has 9 heteroatoms. The third-order valence-corrected chi connectivity index (χ3v) is 5.05. The van der Waals surface area contributed by atoms with Crippen LogP contribution in [0.15, 0.2) is 18.2 Å². The predicted molar refractivity (Wildman–Crippen MR) is 112 cm³/mol. The molecule has 0 radical (unpaired) electrons. The first-order valence-electron chi connectivity index (χ1n) is 10.2. The number of methoxy groups -OCH3 is 1. The number of nitrogens with zero attached hydrogens (tertiary/aromatic N) is 1. The Bertz CT molecular complexity index is 779. The molecule has 1 aliphatic rings. The minimum absolute atomic E-state index is 0.0865. The van der Waals surface area contributed by atoms with Crippen molar-refractivity contribution >= 4 is 17.7 Å². The van der Waals surface area contributed by atoms with Crippen LogP contribution >= 0.6 is 0 Å². The number of hydrogen-bond donors (Lipinski definition) is 2. The van der Waals surface area contributed by atoms with Gasteiger partial charge in [-0.05, 0) is 45.7 Å². The lowest BCUT2D eigenvalue weighted by molar-refractivity contribution is -0.385. The Morgan fingerprint density at radius 1 is 1.17 bits per heavy atom. The zero-order valence-electron chi connectivity index (χ0n) is 18.1. The summed E-state index contributed by atoms with van der Waals surface area (Å²) in [5.41, 5.74) is -1.36. The molecule has 0 aromatic heterocycles. The fourth-order valence-electron chi connectivity index (χ4n) is 3.60. The first-order chi connectivity index (χ1) is 14.1. The van der Waals surface area contributed by atoms with E-state index in [9.17, 15) is 19.7 Å². The summed E-state index contributed by atoms with van der Waals surface area (Å²) in [5.74, 6) is -0.362. The van der Waals surface area contributed by atoms with Gasteiger partial charge in [-0.3, -0.25) is 14.9 Å². The molecule has 166 valence electrons. The van der Waals surface area contributed by atoms with Crippen LogP contribution in [0.3, 0.4) is 0 Å². The molecule has 9 nitrogen and oxygen atoms in total. The SMILES string of the molecule is COc1ccc(C(=O)NCC2(NC(=O)OC(C)(C)C)CCCCCC2)cc1[N+](=O)[O-]. The number of nitro benzene ring substituents is 1. The summed E-state index contributed by atoms with van der Waals surface area (Å²) >= 11 is 0. The van der Waals surface area contributed by atoms with Gasteiger partial charge in [0.25, 0.3) is 5.91 Å². The van der Waals surface area contributed by atoms with Gasteiger partial charge in [0.1, 0.15) is 5.60 Å². The fourth-order valence-corrected chi connectivity index (χ4v) is 3.60. The number of benzene rings is 1. The van der Waals surface area contributed by atoms with E-state index < -0.39 is 28.1 Å². The number of amides is 2. The smallest absolute Gasteiger partial charge is 0.408 e. The number of alkyl carbamates (subject to hydrolysis) is 1. The maximum atomic E-state index is 12.7. The van der Waals surface area contributed by atoms with E-state index in [2.05, 4.69) is 10.6 Å². The number of rotatable bonds is 6. The van der Waals surface area contributed by atoms with Gasteiger partial charge in [-0.1, -0.05) is 25.7 Å². The van der Waals surface area contributed by atoms with Crippen molar-refractivity contribution in [2.45, 2.75) is 70.4 Å². The van der Waals surface area contributed by atoms with Crippen LogP contribution in [0.4, 0.5) is 10.5 Å². The van der Waals surface area contributed by atoms with Crippen molar-refractivity contribution < 1.29 is 24.0 Å². The molecule has 2 rings (SSSR count). The number of ether oxygens (including phenoxy) is 2. The Balaban J connectivity index is 2.14. The van der Waals surface area contributed by atoms with Crippen LogP contribution < -0.4 is 15.4 Å². The summed E-state index contributed by atoms with van der Waals surface area (Å²) in [5, 5.41) is 17.0. The number of nitro groups is 1. The highest BCUT2D eigenvalue weighted by Crippen LogP contribution is 2.29. The van der Waals surface area contributed by atoms with E-state index in [0.717, 1.165) is 38.5 Å². The van der Waals surface area contributed by atoms with Gasteiger partial charge < -0.3 is 20.1 Å². The molecule has 2 amide bonds. The van der Waals surface area contributed by atoms with Gasteiger partial charge in [-0.25, -0.2) is 4.79 Å². The molecule has 1 aromatic carbocycles. The Hall–Kier alpha value is -2.84. The highest BCUT2D eigenvalue weighted by molar-refractivity contribution is 5.95. The monoisotopic (exact) mass is 421 g/mol. The molecule has 0 saturated heterocycles. The van der Waals surface area contributed by atoms with Crippen LogP contribution in [0, 0.1) is 10.1 Å². The van der Waals surface area contributed by atoms with E-state index in [1.54, 1.807) is 20.8 Å². The van der Waals surface area contributed by atoms with Crippen molar-refractivity contribution in [1.82, 2.24) is 10.6 Å². The van der Waals surface area contributed by atoms with Gasteiger partial charge in [0, 0.05) is 18.2 Å². The third-order valence-electron chi connectivity index (χ3n) is 5.05. The molecule has 2 N–H and O–H groups in total. The summed E-state index contributed by atoms with van der Waals surface area (Å²) < 4.78 is 10.4. The molecule has 1 aromatic rings. The Morgan fingerprint density at radius 3 is 2.33 bits per heavy atom. The zero-order chi connectivity index (χ0) is 22.4. The van der Waals surface area contributed by atoms with Crippen molar-refractivity contribution in [2.75, 3.05) is 13.7 Å². The topological polar surface area (TPSA) is 120 Å². The van der Waals surface area contributed by atoms with E-state index in [0.29, 0.717) is 0 Å². The summed E-state index contributed by atoms with van der Waals surface area (Å²) in [6.07, 6.45) is 4.91. The lowest BCUT2D eigenvalue weighted by atomic mass is 9.90. The maximum absolute atomic E-state index is 12.7. The molecule has 0 atom stereocenters. The zero-order valence-corrected chi connectivity index (χ0v) is 18.1. The van der Waals surface area contributed by atoms with Crippen LogP contribution in [-0.4, -0.2) is 41.7 Å². The van der Waals surface area contributed by atoms with E-state index in [-0.39, 0.29) is 23.5 Å². The molecule has 1 saturated carbocycles. The molecule has 0 aliphatic heterocycles. The molecule has 0 bridgehead atoms. The molecule has 0 heterocycles. The second kappa shape index (κ2) is 9.77. The second-order valence-electron chi connectivity index (χ2n) is 8.65. The van der Waals surface area contributed by atoms with Crippen molar-refractivity contribution in [1.29, 1.82) is 0 Å². The summed E-state index contributed by atoms with van der Waals surface area (Å²) in [7, 11) is 1.33. The van der Waals surface area contributed by atoms with Gasteiger partial charge >= 0.3 is 11.8 Å². The lowest BCUT2D eigenvalue weighted by Gasteiger charge is -2.35. The fraction of sp³-hybridized carbons (Fsp3) is 0.619. The van der Waals surface area contributed by atoms with Crippen LogP contribution in [0.1, 0.15) is 69.7 Å². The standard InChI is InChI=1S/C21H31N3O6/c1-20(2,3)30-19(26)23-21(11-7-5-6-8-12-21)14-22-18(25)15-9-10-17(29-4)16(13-15)24(27)28/h9-10,13H,5-8,11-12,14H2,1-4H3,(H,22,25)(H,23,26). The molecule has 1 fully saturated rings. The quantitative estimate of drug-likeness (QED) is 0.408. The van der Waals surface area contributed by atoms with Gasteiger partial charge in [-0.2, -0.15) is 0 Å². The second-order valence-corrected chi connectivity index (χ2v) is 8.65. The van der Waals surface area contributed by atoms with Crippen LogP contribution in [0.2, 0.25) is 0 Å². The third kappa shape index (κ3) is 6.60. The predicted octanol–water partition coefficient (Wildman–Crippen LogP) is 3.95. The molecular formula is C21H31N3O6. The first-order valence-corrected chi connectivity index (χ1v) is 10.2. The average molecular weight is 421 g/mol. The van der Waals surface area contributed by atoms with Crippen molar-refractivity contribution in [3.8, 4) is 5.75 Å². The minimum Gasteiger partial charge on any atom is -0.490 e. The number of nitrogens with one attached hydrogen (secondary N) is 2. The van der Waals surface area contributed by atoms with Crippen molar-refractivity contribution in [3.05, 3.63) is 33.9 Å².